The van der Waals surface area contributed by atoms with Crippen molar-refractivity contribution in [3.05, 3.63) is 47.5 Å². The molecule has 0 atom stereocenters. The van der Waals surface area contributed by atoms with Crippen LogP contribution in [0.3, 0.4) is 0 Å². The largest absolute Gasteiger partial charge is 0.478 e. The third kappa shape index (κ3) is 5.21. The van der Waals surface area contributed by atoms with Crippen molar-refractivity contribution < 1.29 is 18.7 Å². The molecule has 0 radical (unpaired) electrons. The standard InChI is InChI=1S/C12H13F2NO2/c13-10-4-3-9(11(14)8-10)5-7-15-6-1-2-12(16)17/h1-4,8,15H,5-7H2,(H,16,17)/b2-1+. The Kier molecular flexibility index (Phi) is 5.29. The van der Waals surface area contributed by atoms with Gasteiger partial charge in [0.15, 0.2) is 0 Å². The zero-order valence-electron chi connectivity index (χ0n) is 9.12. The van der Waals surface area contributed by atoms with Gasteiger partial charge in [0.1, 0.15) is 11.6 Å². The molecule has 0 aliphatic carbocycles. The molecule has 5 heteroatoms. The summed E-state index contributed by atoms with van der Waals surface area (Å²) in [7, 11) is 0. The van der Waals surface area contributed by atoms with E-state index >= 15 is 0 Å². The van der Waals surface area contributed by atoms with Crippen molar-refractivity contribution >= 4 is 5.97 Å². The lowest BCUT2D eigenvalue weighted by Gasteiger charge is -2.03. The molecule has 1 aromatic rings. The van der Waals surface area contributed by atoms with Crippen molar-refractivity contribution in [1.29, 1.82) is 0 Å². The van der Waals surface area contributed by atoms with E-state index in [1.54, 1.807) is 0 Å². The lowest BCUT2D eigenvalue weighted by atomic mass is 10.1. The van der Waals surface area contributed by atoms with Gasteiger partial charge in [0, 0.05) is 18.7 Å². The van der Waals surface area contributed by atoms with Crippen molar-refractivity contribution in [2.45, 2.75) is 6.42 Å². The van der Waals surface area contributed by atoms with Gasteiger partial charge in [-0.15, -0.1) is 0 Å². The first-order chi connectivity index (χ1) is 8.09. The van der Waals surface area contributed by atoms with Gasteiger partial charge in [0.05, 0.1) is 0 Å². The molecule has 0 aliphatic rings. The van der Waals surface area contributed by atoms with Crippen molar-refractivity contribution in [2.24, 2.45) is 0 Å². The summed E-state index contributed by atoms with van der Waals surface area (Å²) in [5, 5.41) is 11.2. The summed E-state index contributed by atoms with van der Waals surface area (Å²) in [4.78, 5) is 10.1. The Balaban J connectivity index is 2.29. The fourth-order valence-electron chi connectivity index (χ4n) is 1.29. The summed E-state index contributed by atoms with van der Waals surface area (Å²) in [5.74, 6) is -2.16. The number of nitrogens with one attached hydrogen (secondary N) is 1. The fraction of sp³-hybridized carbons (Fsp3) is 0.250. The summed E-state index contributed by atoms with van der Waals surface area (Å²) in [6.07, 6.45) is 2.92. The van der Waals surface area contributed by atoms with Crippen LogP contribution in [0.4, 0.5) is 8.78 Å². The normalized spacial score (nSPS) is 10.9. The molecule has 92 valence electrons. The second-order valence-corrected chi connectivity index (χ2v) is 3.43. The third-order valence-corrected chi connectivity index (χ3v) is 2.11. The highest BCUT2D eigenvalue weighted by molar-refractivity contribution is 5.79. The molecule has 0 unspecified atom stereocenters. The van der Waals surface area contributed by atoms with Crippen molar-refractivity contribution in [2.75, 3.05) is 13.1 Å². The van der Waals surface area contributed by atoms with Gasteiger partial charge in [-0.2, -0.15) is 0 Å². The van der Waals surface area contributed by atoms with Gasteiger partial charge in [0.25, 0.3) is 0 Å². The molecule has 0 saturated heterocycles. The topological polar surface area (TPSA) is 49.3 Å². The molecule has 0 bridgehead atoms. The third-order valence-electron chi connectivity index (χ3n) is 2.11. The first-order valence-electron chi connectivity index (χ1n) is 5.13. The van der Waals surface area contributed by atoms with Crippen LogP contribution in [0, 0.1) is 11.6 Å². The van der Waals surface area contributed by atoms with Crippen LogP contribution in [-0.4, -0.2) is 24.2 Å². The zero-order chi connectivity index (χ0) is 12.7. The Morgan fingerprint density at radius 3 is 2.82 bits per heavy atom. The zero-order valence-corrected chi connectivity index (χ0v) is 9.12. The highest BCUT2D eigenvalue weighted by Gasteiger charge is 2.02. The molecule has 0 spiro atoms. The molecule has 17 heavy (non-hydrogen) atoms. The number of aliphatic carboxylic acids is 1. The van der Waals surface area contributed by atoms with E-state index in [-0.39, 0.29) is 0 Å². The van der Waals surface area contributed by atoms with E-state index in [4.69, 9.17) is 5.11 Å². The fourth-order valence-corrected chi connectivity index (χ4v) is 1.29. The number of carboxylic acids is 1. The molecule has 0 aliphatic heterocycles. The molecule has 1 rings (SSSR count). The van der Waals surface area contributed by atoms with Crippen LogP contribution in [-0.2, 0) is 11.2 Å². The highest BCUT2D eigenvalue weighted by Crippen LogP contribution is 2.09. The van der Waals surface area contributed by atoms with Gasteiger partial charge in [0.2, 0.25) is 0 Å². The van der Waals surface area contributed by atoms with Crippen LogP contribution in [0.25, 0.3) is 0 Å². The van der Waals surface area contributed by atoms with Gasteiger partial charge in [-0.05, 0) is 24.6 Å². The van der Waals surface area contributed by atoms with Crippen molar-refractivity contribution in [3.63, 3.8) is 0 Å². The first kappa shape index (κ1) is 13.3. The van der Waals surface area contributed by atoms with Gasteiger partial charge in [-0.25, -0.2) is 13.6 Å². The summed E-state index contributed by atoms with van der Waals surface area (Å²) in [6, 6.07) is 3.46. The van der Waals surface area contributed by atoms with Crippen molar-refractivity contribution in [3.8, 4) is 0 Å². The summed E-state index contributed by atoms with van der Waals surface area (Å²) >= 11 is 0. The maximum absolute atomic E-state index is 13.2. The van der Waals surface area contributed by atoms with Gasteiger partial charge in [-0.3, -0.25) is 0 Å². The Morgan fingerprint density at radius 1 is 1.41 bits per heavy atom. The Morgan fingerprint density at radius 2 is 2.18 bits per heavy atom. The summed E-state index contributed by atoms with van der Waals surface area (Å²) < 4.78 is 25.8. The number of carbonyl (C=O) groups is 1. The van der Waals surface area contributed by atoms with E-state index in [0.717, 1.165) is 12.1 Å². The summed E-state index contributed by atoms with van der Waals surface area (Å²) in [5.41, 5.74) is 0.432. The molecule has 0 saturated carbocycles. The molecular formula is C12H13F2NO2. The molecule has 3 nitrogen and oxygen atoms in total. The SMILES string of the molecule is O=C(O)/C=C/CNCCc1ccc(F)cc1F. The van der Waals surface area contributed by atoms with Crippen LogP contribution in [0.15, 0.2) is 30.4 Å². The quantitative estimate of drug-likeness (QED) is 0.589. The van der Waals surface area contributed by atoms with Crippen molar-refractivity contribution in [1.82, 2.24) is 5.32 Å². The van der Waals surface area contributed by atoms with E-state index < -0.39 is 17.6 Å². The molecule has 0 fully saturated rings. The number of hydrogen-bond acceptors (Lipinski definition) is 2. The molecular weight excluding hydrogens is 228 g/mol. The van der Waals surface area contributed by atoms with Gasteiger partial charge < -0.3 is 10.4 Å². The second-order valence-electron chi connectivity index (χ2n) is 3.43. The number of hydrogen-bond donors (Lipinski definition) is 2. The van der Waals surface area contributed by atoms with Gasteiger partial charge in [-0.1, -0.05) is 12.1 Å². The summed E-state index contributed by atoms with van der Waals surface area (Å²) in [6.45, 7) is 0.891. The molecule has 2 N–H and O–H groups in total. The number of carboxylic acid groups (broad SMARTS) is 1. The van der Waals surface area contributed by atoms with Crippen LogP contribution >= 0.6 is 0 Å². The molecule has 0 amide bonds. The van der Waals surface area contributed by atoms with E-state index in [2.05, 4.69) is 5.32 Å². The average molecular weight is 241 g/mol. The maximum atomic E-state index is 13.2. The second kappa shape index (κ2) is 6.75. The molecule has 1 aromatic carbocycles. The number of benzene rings is 1. The van der Waals surface area contributed by atoms with E-state index in [1.807, 2.05) is 0 Å². The number of rotatable bonds is 6. The Labute approximate surface area is 97.8 Å². The monoisotopic (exact) mass is 241 g/mol. The van der Waals surface area contributed by atoms with Gasteiger partial charge >= 0.3 is 5.97 Å². The Bertz CT molecular complexity index is 419. The lowest BCUT2D eigenvalue weighted by Crippen LogP contribution is -2.17. The molecule has 0 aromatic heterocycles. The molecule has 0 heterocycles. The van der Waals surface area contributed by atoms with Crippen LogP contribution in [0.2, 0.25) is 0 Å². The predicted octanol–water partition coefficient (Wildman–Crippen LogP) is 1.74. The van der Waals surface area contributed by atoms with E-state index in [0.29, 0.717) is 25.1 Å². The first-order valence-corrected chi connectivity index (χ1v) is 5.13. The maximum Gasteiger partial charge on any atom is 0.328 e. The van der Waals surface area contributed by atoms with E-state index in [1.165, 1.54) is 18.2 Å². The number of halogens is 2. The Hall–Kier alpha value is -1.75. The van der Waals surface area contributed by atoms with Crippen LogP contribution in [0.1, 0.15) is 5.56 Å². The predicted molar refractivity (Wildman–Crippen MR) is 59.7 cm³/mol. The minimum absolute atomic E-state index is 0.398. The minimum atomic E-state index is -1.00. The van der Waals surface area contributed by atoms with Crippen LogP contribution < -0.4 is 5.32 Å². The average Bonchev–Trinajstić information content (AvgIpc) is 2.25. The van der Waals surface area contributed by atoms with E-state index in [9.17, 15) is 13.6 Å². The van der Waals surface area contributed by atoms with Crippen LogP contribution in [0.5, 0.6) is 0 Å². The minimum Gasteiger partial charge on any atom is -0.478 e. The highest BCUT2D eigenvalue weighted by atomic mass is 19.1. The smallest absolute Gasteiger partial charge is 0.328 e. The lowest BCUT2D eigenvalue weighted by molar-refractivity contribution is -0.131.